The molecule has 12 heteroatoms. The number of allylic oxidation sites excluding steroid dienone is 5. The molecule has 1 aromatic heterocycles. The quantitative estimate of drug-likeness (QED) is 0.273. The number of anilines is 2. The number of halogens is 3. The summed E-state index contributed by atoms with van der Waals surface area (Å²) in [5.41, 5.74) is 9.77. The van der Waals surface area contributed by atoms with Gasteiger partial charge in [-0.2, -0.15) is 4.99 Å². The van der Waals surface area contributed by atoms with Gasteiger partial charge in [0.05, 0.1) is 11.3 Å². The maximum atomic E-state index is 14.8. The highest BCUT2D eigenvalue weighted by Gasteiger charge is 2.28. The van der Waals surface area contributed by atoms with Crippen LogP contribution in [0.3, 0.4) is 0 Å². The Hall–Kier alpha value is -4.74. The number of fused-ring (bicyclic) bond motifs is 3. The molecule has 0 saturated carbocycles. The number of benzene rings is 2. The third-order valence-corrected chi connectivity index (χ3v) is 7.73. The van der Waals surface area contributed by atoms with Crippen LogP contribution in [-0.4, -0.2) is 57.1 Å². The molecule has 9 nitrogen and oxygen atoms in total. The smallest absolute Gasteiger partial charge is 0.280 e. The predicted molar refractivity (Wildman–Crippen MR) is 169 cm³/mol. The number of aliphatic imine (C=N–C) groups is 2. The Morgan fingerprint density at radius 3 is 2.48 bits per heavy atom. The van der Waals surface area contributed by atoms with Crippen molar-refractivity contribution in [2.45, 2.75) is 32.4 Å². The lowest BCUT2D eigenvalue weighted by molar-refractivity contribution is 0.1000. The number of nitrogens with one attached hydrogen (secondary N) is 2. The molecule has 1 amide bonds. The molecule has 2 atom stereocenters. The van der Waals surface area contributed by atoms with E-state index in [-0.39, 0.29) is 40.3 Å². The van der Waals surface area contributed by atoms with Crippen molar-refractivity contribution in [3.63, 3.8) is 0 Å². The Kier molecular flexibility index (Phi) is 8.07. The number of aromatic nitrogens is 2. The zero-order valence-electron chi connectivity index (χ0n) is 24.0. The maximum Gasteiger partial charge on any atom is 0.280 e. The first-order valence-electron chi connectivity index (χ1n) is 14.1. The van der Waals surface area contributed by atoms with Gasteiger partial charge < -0.3 is 21.3 Å². The predicted octanol–water partition coefficient (Wildman–Crippen LogP) is 5.19. The molecule has 3 aliphatic rings. The number of hydrogen-bond acceptors (Lipinski definition) is 6. The van der Waals surface area contributed by atoms with E-state index in [1.54, 1.807) is 36.7 Å². The monoisotopic (exact) mass is 614 g/mol. The summed E-state index contributed by atoms with van der Waals surface area (Å²) < 4.78 is 29.6. The van der Waals surface area contributed by atoms with Gasteiger partial charge in [0.2, 0.25) is 5.95 Å². The van der Waals surface area contributed by atoms with Gasteiger partial charge in [0.25, 0.3) is 5.91 Å². The normalized spacial score (nSPS) is 19.9. The van der Waals surface area contributed by atoms with Crippen LogP contribution in [0.2, 0.25) is 0 Å². The molecule has 0 radical (unpaired) electrons. The van der Waals surface area contributed by atoms with E-state index in [4.69, 9.17) is 22.3 Å². The van der Waals surface area contributed by atoms with Crippen LogP contribution in [0.15, 0.2) is 82.6 Å². The fourth-order valence-electron chi connectivity index (χ4n) is 5.59. The molecular weight excluding hydrogens is 586 g/mol. The lowest BCUT2D eigenvalue weighted by Crippen LogP contribution is -2.57. The van der Waals surface area contributed by atoms with E-state index in [0.717, 1.165) is 5.56 Å². The molecular formula is C32H29ClF2N8O. The van der Waals surface area contributed by atoms with Crippen molar-refractivity contribution >= 4 is 51.4 Å². The summed E-state index contributed by atoms with van der Waals surface area (Å²) in [5.74, 6) is -1.37. The average molecular weight is 615 g/mol. The summed E-state index contributed by atoms with van der Waals surface area (Å²) in [4.78, 5) is 32.2. The molecule has 3 aromatic rings. The summed E-state index contributed by atoms with van der Waals surface area (Å²) in [6.07, 6.45) is 6.99. The number of rotatable bonds is 4. The molecule has 2 aromatic carbocycles. The van der Waals surface area contributed by atoms with E-state index in [1.165, 1.54) is 24.3 Å². The molecule has 4 N–H and O–H groups in total. The second-order valence-electron chi connectivity index (χ2n) is 10.9. The van der Waals surface area contributed by atoms with Gasteiger partial charge in [-0.15, -0.1) is 0 Å². The number of nitrogens with zero attached hydrogens (tertiary/aromatic N) is 5. The molecule has 3 heterocycles. The Morgan fingerprint density at radius 1 is 1.07 bits per heavy atom. The topological polar surface area (TPSA) is 121 Å². The Morgan fingerprint density at radius 2 is 1.77 bits per heavy atom. The highest BCUT2D eigenvalue weighted by molar-refractivity contribution is 6.69. The van der Waals surface area contributed by atoms with E-state index < -0.39 is 17.5 Å². The molecule has 0 spiro atoms. The number of amides is 1. The fraction of sp³-hybridized carbons (Fsp3) is 0.219. The average Bonchev–Trinajstić information content (AvgIpc) is 3.15. The van der Waals surface area contributed by atoms with Crippen molar-refractivity contribution in [1.29, 1.82) is 0 Å². The number of carbonyl (C=O) groups excluding carboxylic acids is 1. The minimum absolute atomic E-state index is 0.0807. The highest BCUT2D eigenvalue weighted by atomic mass is 35.5. The summed E-state index contributed by atoms with van der Waals surface area (Å²) in [5, 5.41) is 6.65. The van der Waals surface area contributed by atoms with Gasteiger partial charge in [0, 0.05) is 60.0 Å². The number of carbonyl (C=O) groups is 1. The zero-order chi connectivity index (χ0) is 31.0. The van der Waals surface area contributed by atoms with Crippen molar-refractivity contribution in [2.75, 3.05) is 18.4 Å². The first-order valence-corrected chi connectivity index (χ1v) is 14.5. The molecule has 1 saturated heterocycles. The van der Waals surface area contributed by atoms with Crippen LogP contribution >= 0.6 is 11.6 Å². The molecule has 2 aliphatic heterocycles. The second-order valence-corrected chi connectivity index (χ2v) is 11.3. The Labute approximate surface area is 258 Å². The van der Waals surface area contributed by atoms with E-state index in [0.29, 0.717) is 47.6 Å². The van der Waals surface area contributed by atoms with Gasteiger partial charge in [-0.05, 0) is 73.9 Å². The van der Waals surface area contributed by atoms with Crippen LogP contribution < -0.4 is 16.4 Å². The minimum Gasteiger partial charge on any atom is -0.369 e. The summed E-state index contributed by atoms with van der Waals surface area (Å²) in [6.45, 7) is 5.46. The van der Waals surface area contributed by atoms with Crippen LogP contribution in [0, 0.1) is 11.6 Å². The summed E-state index contributed by atoms with van der Waals surface area (Å²) >= 11 is 6.28. The van der Waals surface area contributed by atoms with Crippen LogP contribution in [0.4, 0.5) is 20.4 Å². The summed E-state index contributed by atoms with van der Waals surface area (Å²) in [7, 11) is 0. The van der Waals surface area contributed by atoms with Gasteiger partial charge in [-0.25, -0.2) is 23.7 Å². The maximum absolute atomic E-state index is 14.8. The van der Waals surface area contributed by atoms with Crippen LogP contribution in [0.5, 0.6) is 0 Å². The fourth-order valence-corrected chi connectivity index (χ4v) is 5.74. The van der Waals surface area contributed by atoms with Crippen molar-refractivity contribution in [2.24, 2.45) is 15.7 Å². The minimum atomic E-state index is -0.706. The van der Waals surface area contributed by atoms with Crippen LogP contribution in [0.25, 0.3) is 11.1 Å². The van der Waals surface area contributed by atoms with Gasteiger partial charge in [0.15, 0.2) is 5.96 Å². The molecule has 224 valence electrons. The third kappa shape index (κ3) is 6.01. The van der Waals surface area contributed by atoms with E-state index >= 15 is 0 Å². The van der Waals surface area contributed by atoms with E-state index in [2.05, 4.69) is 39.4 Å². The van der Waals surface area contributed by atoms with E-state index in [1.807, 2.05) is 11.0 Å². The molecule has 0 bridgehead atoms. The number of guanidine groups is 1. The van der Waals surface area contributed by atoms with Crippen molar-refractivity contribution in [3.8, 4) is 0 Å². The lowest BCUT2D eigenvalue weighted by atomic mass is 9.84. The van der Waals surface area contributed by atoms with Crippen molar-refractivity contribution < 1.29 is 13.6 Å². The first-order chi connectivity index (χ1) is 21.2. The molecule has 6 rings (SSSR count). The number of hydrogen-bond donors (Lipinski definition) is 3. The number of nitrogens with two attached hydrogens (primary N) is 1. The van der Waals surface area contributed by atoms with Gasteiger partial charge >= 0.3 is 0 Å². The largest absolute Gasteiger partial charge is 0.369 e. The first kappa shape index (κ1) is 29.3. The van der Waals surface area contributed by atoms with E-state index in [9.17, 15) is 13.6 Å². The molecule has 1 fully saturated rings. The van der Waals surface area contributed by atoms with Gasteiger partial charge in [-0.3, -0.25) is 4.79 Å². The standard InChI is InChI=1S/C32H29ClF2N8O/c1-17-15-43(16-18(2)39-17)31(36)42-30(44)19-6-9-21(10-7-19)40-32-38-13-20-8-11-22-23(28-25(34)4-3-5-26(28)35)12-27(33)37-14-24(22)29(20)41-32/h3-7,9-14,17-18,39H,8,15-16H2,1-2H3,(H2,36,42,44)(H,38,40,41). The van der Waals surface area contributed by atoms with Crippen molar-refractivity contribution in [1.82, 2.24) is 20.2 Å². The molecule has 44 heavy (non-hydrogen) atoms. The van der Waals surface area contributed by atoms with Crippen LogP contribution in [-0.2, 0) is 6.42 Å². The van der Waals surface area contributed by atoms with Crippen molar-refractivity contribution in [3.05, 3.63) is 107 Å². The molecule has 2 unspecified atom stereocenters. The Bertz CT molecular complexity index is 1770. The van der Waals surface area contributed by atoms with Crippen LogP contribution in [0.1, 0.15) is 41.0 Å². The highest BCUT2D eigenvalue weighted by Crippen LogP contribution is 2.41. The summed E-state index contributed by atoms with van der Waals surface area (Å²) in [6, 6.07) is 10.9. The number of piperazine rings is 1. The molecule has 1 aliphatic carbocycles. The van der Waals surface area contributed by atoms with Gasteiger partial charge in [0.1, 0.15) is 16.8 Å². The zero-order valence-corrected chi connectivity index (χ0v) is 24.7. The SMILES string of the molecule is CC1CN(C(N)=NC(=O)c2ccc(Nc3ncc4c(n3)C3=CN=C(Cl)C=C(c5c(F)cccc5F)C3=CC4)cc2)CC(C)N1. The Balaban J connectivity index is 1.22. The van der Waals surface area contributed by atoms with Gasteiger partial charge in [-0.1, -0.05) is 23.7 Å². The third-order valence-electron chi connectivity index (χ3n) is 7.52. The lowest BCUT2D eigenvalue weighted by Gasteiger charge is -2.36. The second kappa shape index (κ2) is 12.1.